The summed E-state index contributed by atoms with van der Waals surface area (Å²) in [4.78, 5) is 32.7. The van der Waals surface area contributed by atoms with Gasteiger partial charge in [0, 0.05) is 49.0 Å². The number of thiophene rings is 1. The lowest BCUT2D eigenvalue weighted by Gasteiger charge is -2.34. The number of halogens is 1. The Hall–Kier alpha value is -3.57. The van der Waals surface area contributed by atoms with E-state index in [2.05, 4.69) is 39.0 Å². The van der Waals surface area contributed by atoms with Crippen LogP contribution in [0.3, 0.4) is 0 Å². The molecule has 0 bridgehead atoms. The monoisotopic (exact) mass is 604 g/mol. The summed E-state index contributed by atoms with van der Waals surface area (Å²) in [5.74, 6) is 1.35. The van der Waals surface area contributed by atoms with Crippen molar-refractivity contribution in [1.29, 1.82) is 0 Å². The van der Waals surface area contributed by atoms with Gasteiger partial charge in [-0.3, -0.25) is 14.7 Å². The maximum Gasteiger partial charge on any atom is 0.246 e. The van der Waals surface area contributed by atoms with Crippen LogP contribution in [-0.2, 0) is 29.1 Å². The van der Waals surface area contributed by atoms with Crippen molar-refractivity contribution < 1.29 is 14.3 Å². The van der Waals surface area contributed by atoms with Gasteiger partial charge in [0.25, 0.3) is 0 Å². The Morgan fingerprint density at radius 2 is 2.05 bits per heavy atom. The first-order valence-electron chi connectivity index (χ1n) is 14.1. The molecule has 2 aliphatic rings. The number of fused-ring (bicyclic) bond motifs is 3. The molecule has 218 valence electrons. The van der Waals surface area contributed by atoms with Gasteiger partial charge in [0.15, 0.2) is 0 Å². The number of hydrogen-bond acceptors (Lipinski definition) is 9. The van der Waals surface area contributed by atoms with Gasteiger partial charge in [0.2, 0.25) is 5.91 Å². The average Bonchev–Trinajstić information content (AvgIpc) is 3.35. The van der Waals surface area contributed by atoms with E-state index in [9.17, 15) is 4.79 Å². The highest BCUT2D eigenvalue weighted by Crippen LogP contribution is 2.39. The number of amides is 1. The van der Waals surface area contributed by atoms with Gasteiger partial charge in [-0.15, -0.1) is 11.3 Å². The van der Waals surface area contributed by atoms with Crippen molar-refractivity contribution in [3.63, 3.8) is 0 Å². The highest BCUT2D eigenvalue weighted by atomic mass is 35.5. The lowest BCUT2D eigenvalue weighted by Crippen LogP contribution is -2.45. The van der Waals surface area contributed by atoms with Gasteiger partial charge in [-0.25, -0.2) is 9.97 Å². The second-order valence-electron chi connectivity index (χ2n) is 10.7. The summed E-state index contributed by atoms with van der Waals surface area (Å²) in [6.45, 7) is 8.24. The predicted octanol–water partition coefficient (Wildman–Crippen LogP) is 5.61. The molecular formula is C31H33ClN6O3S. The SMILES string of the molecule is CC1CN(C/C=C/C(=O)N2CCc3c(sc4ncnc(Nc5ccc(OCc6ccccn6)c(Cl)c5)c34)C2)CC(C)O1. The highest BCUT2D eigenvalue weighted by molar-refractivity contribution is 7.19. The standard InChI is InChI=1S/C31H33ClN6O3S/c1-20-15-37(16-21(2)41-20)12-5-7-28(39)38-13-10-24-27(17-38)42-31-29(24)30(34-19-35-31)36-22-8-9-26(25(32)14-22)40-18-23-6-3-4-11-33-23/h3-9,11,14,19-21H,10,12-13,15-18H2,1-2H3,(H,34,35,36)/b7-5+. The van der Waals surface area contributed by atoms with Gasteiger partial charge in [-0.2, -0.15) is 0 Å². The summed E-state index contributed by atoms with van der Waals surface area (Å²) >= 11 is 8.17. The number of ether oxygens (including phenoxy) is 2. The van der Waals surface area contributed by atoms with Gasteiger partial charge in [-0.1, -0.05) is 23.7 Å². The van der Waals surface area contributed by atoms with Crippen molar-refractivity contribution >= 4 is 50.6 Å². The third kappa shape index (κ3) is 6.57. The Bertz CT molecular complexity index is 1590. The molecule has 5 heterocycles. The van der Waals surface area contributed by atoms with E-state index in [0.29, 0.717) is 30.5 Å². The number of carbonyl (C=O) groups excluding carboxylic acids is 1. The summed E-state index contributed by atoms with van der Waals surface area (Å²) in [6, 6.07) is 11.3. The largest absolute Gasteiger partial charge is 0.486 e. The van der Waals surface area contributed by atoms with Crippen molar-refractivity contribution in [2.45, 2.75) is 45.6 Å². The minimum atomic E-state index is 0.0388. The quantitative estimate of drug-likeness (QED) is 0.259. The second-order valence-corrected chi connectivity index (χ2v) is 12.2. The zero-order valence-electron chi connectivity index (χ0n) is 23.6. The Balaban J connectivity index is 1.11. The Morgan fingerprint density at radius 3 is 2.83 bits per heavy atom. The topological polar surface area (TPSA) is 92.7 Å². The molecule has 2 aliphatic heterocycles. The number of hydrogen-bond donors (Lipinski definition) is 1. The number of nitrogens with one attached hydrogen (secondary N) is 1. The number of pyridine rings is 1. The van der Waals surface area contributed by atoms with Crippen molar-refractivity contribution in [3.05, 3.63) is 82.2 Å². The minimum absolute atomic E-state index is 0.0388. The molecule has 0 aliphatic carbocycles. The Morgan fingerprint density at radius 1 is 1.19 bits per heavy atom. The first-order valence-corrected chi connectivity index (χ1v) is 15.3. The molecule has 3 aromatic heterocycles. The zero-order chi connectivity index (χ0) is 29.1. The summed E-state index contributed by atoms with van der Waals surface area (Å²) < 4.78 is 11.7. The maximum absolute atomic E-state index is 13.0. The molecule has 0 spiro atoms. The van der Waals surface area contributed by atoms with Crippen molar-refractivity contribution in [2.75, 3.05) is 31.5 Å². The molecule has 11 heteroatoms. The van der Waals surface area contributed by atoms with Crippen LogP contribution in [0.25, 0.3) is 10.2 Å². The third-order valence-electron chi connectivity index (χ3n) is 7.36. The van der Waals surface area contributed by atoms with Crippen LogP contribution in [0.4, 0.5) is 11.5 Å². The molecule has 1 amide bonds. The van der Waals surface area contributed by atoms with E-state index in [4.69, 9.17) is 21.1 Å². The van der Waals surface area contributed by atoms with Crippen molar-refractivity contribution in [2.24, 2.45) is 0 Å². The lowest BCUT2D eigenvalue weighted by atomic mass is 10.0. The summed E-state index contributed by atoms with van der Waals surface area (Å²) in [5.41, 5.74) is 2.82. The maximum atomic E-state index is 13.0. The van der Waals surface area contributed by atoms with Crippen molar-refractivity contribution in [1.82, 2.24) is 24.8 Å². The molecule has 42 heavy (non-hydrogen) atoms. The third-order valence-corrected chi connectivity index (χ3v) is 8.78. The smallest absolute Gasteiger partial charge is 0.246 e. The van der Waals surface area contributed by atoms with Crippen LogP contribution in [0.5, 0.6) is 5.75 Å². The van der Waals surface area contributed by atoms with Crippen LogP contribution in [0, 0.1) is 0 Å². The van der Waals surface area contributed by atoms with Gasteiger partial charge >= 0.3 is 0 Å². The molecule has 2 unspecified atom stereocenters. The van der Waals surface area contributed by atoms with Crippen LogP contribution in [0.2, 0.25) is 5.02 Å². The predicted molar refractivity (Wildman–Crippen MR) is 165 cm³/mol. The normalized spacial score (nSPS) is 19.3. The van der Waals surface area contributed by atoms with E-state index >= 15 is 0 Å². The number of benzene rings is 1. The molecule has 0 saturated carbocycles. The molecular weight excluding hydrogens is 572 g/mol. The van der Waals surface area contributed by atoms with Crippen LogP contribution < -0.4 is 10.1 Å². The highest BCUT2D eigenvalue weighted by Gasteiger charge is 2.26. The minimum Gasteiger partial charge on any atom is -0.486 e. The Kier molecular flexibility index (Phi) is 8.66. The van der Waals surface area contributed by atoms with Crippen LogP contribution in [0.15, 0.2) is 61.1 Å². The first kappa shape index (κ1) is 28.5. The van der Waals surface area contributed by atoms with Gasteiger partial charge in [0.1, 0.15) is 29.3 Å². The Labute approximate surface area is 254 Å². The van der Waals surface area contributed by atoms with Crippen LogP contribution in [0.1, 0.15) is 30.0 Å². The molecule has 1 N–H and O–H groups in total. The van der Waals surface area contributed by atoms with E-state index in [0.717, 1.165) is 58.3 Å². The van der Waals surface area contributed by atoms with E-state index < -0.39 is 0 Å². The summed E-state index contributed by atoms with van der Waals surface area (Å²) in [6.07, 6.45) is 8.15. The van der Waals surface area contributed by atoms with Gasteiger partial charge in [0.05, 0.1) is 34.9 Å². The number of aromatic nitrogens is 3. The fraction of sp³-hybridized carbons (Fsp3) is 0.355. The molecule has 1 saturated heterocycles. The molecule has 2 atom stereocenters. The molecule has 6 rings (SSSR count). The summed E-state index contributed by atoms with van der Waals surface area (Å²) in [5, 5.41) is 4.92. The fourth-order valence-corrected chi connectivity index (χ4v) is 6.96. The van der Waals surface area contributed by atoms with E-state index in [1.54, 1.807) is 29.9 Å². The molecule has 1 aromatic carbocycles. The van der Waals surface area contributed by atoms with E-state index in [-0.39, 0.29) is 18.1 Å². The number of carbonyl (C=O) groups is 1. The fourth-order valence-electron chi connectivity index (χ4n) is 5.52. The lowest BCUT2D eigenvalue weighted by molar-refractivity contribution is -0.126. The number of nitrogens with zero attached hydrogens (tertiary/aromatic N) is 5. The molecule has 1 fully saturated rings. The molecule has 4 aromatic rings. The molecule has 0 radical (unpaired) electrons. The van der Waals surface area contributed by atoms with Crippen LogP contribution in [-0.4, -0.2) is 69.0 Å². The van der Waals surface area contributed by atoms with Gasteiger partial charge < -0.3 is 19.7 Å². The van der Waals surface area contributed by atoms with E-state index in [1.165, 1.54) is 5.56 Å². The molecule has 9 nitrogen and oxygen atoms in total. The number of anilines is 2. The van der Waals surface area contributed by atoms with Crippen molar-refractivity contribution in [3.8, 4) is 5.75 Å². The number of rotatable bonds is 8. The zero-order valence-corrected chi connectivity index (χ0v) is 25.2. The van der Waals surface area contributed by atoms with Crippen LogP contribution >= 0.6 is 22.9 Å². The van der Waals surface area contributed by atoms with Gasteiger partial charge in [-0.05, 0) is 56.2 Å². The first-order chi connectivity index (χ1) is 20.4. The second kappa shape index (κ2) is 12.7. The number of morpholine rings is 1. The van der Waals surface area contributed by atoms with E-state index in [1.807, 2.05) is 47.4 Å². The summed E-state index contributed by atoms with van der Waals surface area (Å²) in [7, 11) is 0. The average molecular weight is 605 g/mol.